The Hall–Kier alpha value is -4.53. The first-order chi connectivity index (χ1) is 21.3. The maximum absolute atomic E-state index is 13.1. The number of nitrogens with zero attached hydrogens (tertiary/aromatic N) is 3. The number of pyridine rings is 1. The van der Waals surface area contributed by atoms with Crippen LogP contribution in [0, 0.1) is 19.3 Å². The van der Waals surface area contributed by atoms with Gasteiger partial charge in [-0.25, -0.2) is 4.98 Å². The second-order valence-electron chi connectivity index (χ2n) is 11.5. The molecule has 0 aliphatic carbocycles. The SMILES string of the molecule is Cc1ccc(CNc2nc(-c3cc(NC(=O)c4cccc(N(C)C)c4)ccc3C)ccc2C(=N)CCN2CCOCC2)cc1. The number of amides is 1. The molecule has 3 aromatic carbocycles. The average molecular weight is 591 g/mol. The Morgan fingerprint density at radius 1 is 0.977 bits per heavy atom. The molecular weight excluding hydrogens is 548 g/mol. The van der Waals surface area contributed by atoms with Gasteiger partial charge < -0.3 is 25.7 Å². The Morgan fingerprint density at radius 3 is 2.50 bits per heavy atom. The minimum absolute atomic E-state index is 0.166. The smallest absolute Gasteiger partial charge is 0.255 e. The van der Waals surface area contributed by atoms with Gasteiger partial charge in [0.2, 0.25) is 0 Å². The van der Waals surface area contributed by atoms with Crippen molar-refractivity contribution in [1.82, 2.24) is 9.88 Å². The predicted octanol–water partition coefficient (Wildman–Crippen LogP) is 6.39. The highest BCUT2D eigenvalue weighted by molar-refractivity contribution is 6.05. The van der Waals surface area contributed by atoms with Crippen LogP contribution >= 0.6 is 0 Å². The lowest BCUT2D eigenvalue weighted by Crippen LogP contribution is -2.37. The maximum Gasteiger partial charge on any atom is 0.255 e. The maximum atomic E-state index is 13.1. The van der Waals surface area contributed by atoms with Gasteiger partial charge in [-0.1, -0.05) is 42.0 Å². The van der Waals surface area contributed by atoms with Crippen LogP contribution < -0.4 is 15.5 Å². The Bertz CT molecular complexity index is 1610. The molecule has 44 heavy (non-hydrogen) atoms. The van der Waals surface area contributed by atoms with E-state index in [1.165, 1.54) is 5.56 Å². The van der Waals surface area contributed by atoms with E-state index in [4.69, 9.17) is 15.1 Å². The third-order valence-corrected chi connectivity index (χ3v) is 7.98. The fourth-order valence-corrected chi connectivity index (χ4v) is 5.21. The Kier molecular flexibility index (Phi) is 10.0. The zero-order chi connectivity index (χ0) is 31.1. The fraction of sp³-hybridized carbons (Fsp3) is 0.306. The largest absolute Gasteiger partial charge is 0.379 e. The summed E-state index contributed by atoms with van der Waals surface area (Å²) in [6, 6.07) is 25.9. The normalized spacial score (nSPS) is 13.4. The first-order valence-electron chi connectivity index (χ1n) is 15.1. The van der Waals surface area contributed by atoms with Crippen LogP contribution in [0.1, 0.15) is 39.0 Å². The van der Waals surface area contributed by atoms with Gasteiger partial charge in [-0.05, 0) is 67.4 Å². The lowest BCUT2D eigenvalue weighted by atomic mass is 10.0. The van der Waals surface area contributed by atoms with Gasteiger partial charge in [0.05, 0.1) is 18.9 Å². The minimum Gasteiger partial charge on any atom is -0.379 e. The van der Waals surface area contributed by atoms with Gasteiger partial charge in [0.25, 0.3) is 5.91 Å². The Morgan fingerprint density at radius 2 is 1.75 bits per heavy atom. The number of carbonyl (C=O) groups excluding carboxylic acids is 1. The molecule has 0 radical (unpaired) electrons. The van der Waals surface area contributed by atoms with Gasteiger partial charge in [-0.3, -0.25) is 9.69 Å². The van der Waals surface area contributed by atoms with Crippen LogP contribution in [-0.2, 0) is 11.3 Å². The van der Waals surface area contributed by atoms with Crippen LogP contribution in [0.5, 0.6) is 0 Å². The van der Waals surface area contributed by atoms with Crippen molar-refractivity contribution in [1.29, 1.82) is 5.41 Å². The number of nitrogens with one attached hydrogen (secondary N) is 3. The molecule has 1 saturated heterocycles. The lowest BCUT2D eigenvalue weighted by Gasteiger charge is -2.26. The first kappa shape index (κ1) is 30.9. The molecule has 8 nitrogen and oxygen atoms in total. The monoisotopic (exact) mass is 590 g/mol. The molecule has 2 heterocycles. The molecule has 0 bridgehead atoms. The molecule has 0 unspecified atom stereocenters. The molecule has 1 aliphatic heterocycles. The molecule has 0 spiro atoms. The standard InChI is InChI=1S/C36H42N6O2/c1-25-8-11-27(12-9-25)24-38-35-31(33(37)16-17-42-18-20-44-21-19-42)14-15-34(40-35)32-23-29(13-10-26(32)2)39-36(43)28-6-5-7-30(22-28)41(3)4/h5-15,22-23,37H,16-21,24H2,1-4H3,(H,38,40)(H,39,43). The molecule has 228 valence electrons. The molecule has 1 aliphatic rings. The number of rotatable bonds is 11. The van der Waals surface area contributed by atoms with E-state index in [2.05, 4.69) is 46.7 Å². The van der Waals surface area contributed by atoms with Crippen molar-refractivity contribution >= 4 is 28.8 Å². The highest BCUT2D eigenvalue weighted by Gasteiger charge is 2.17. The quantitative estimate of drug-likeness (QED) is 0.175. The Balaban J connectivity index is 1.40. The van der Waals surface area contributed by atoms with Crippen molar-refractivity contribution in [2.24, 2.45) is 0 Å². The van der Waals surface area contributed by atoms with Crippen LogP contribution in [0.3, 0.4) is 0 Å². The summed E-state index contributed by atoms with van der Waals surface area (Å²) < 4.78 is 5.48. The number of hydrogen-bond donors (Lipinski definition) is 3. The molecule has 4 aromatic rings. The molecule has 1 amide bonds. The van der Waals surface area contributed by atoms with Gasteiger partial charge in [-0.15, -0.1) is 0 Å². The number of aromatic nitrogens is 1. The number of benzene rings is 3. The number of hydrogen-bond acceptors (Lipinski definition) is 7. The van der Waals surface area contributed by atoms with Crippen molar-refractivity contribution in [3.05, 3.63) is 107 Å². The van der Waals surface area contributed by atoms with Crippen molar-refractivity contribution in [3.8, 4) is 11.3 Å². The summed E-state index contributed by atoms with van der Waals surface area (Å²) in [6.45, 7) is 8.83. The number of morpholine rings is 1. The van der Waals surface area contributed by atoms with Crippen molar-refractivity contribution in [2.45, 2.75) is 26.8 Å². The number of anilines is 3. The first-order valence-corrected chi connectivity index (χ1v) is 15.1. The van der Waals surface area contributed by atoms with Gasteiger partial charge in [0.1, 0.15) is 5.82 Å². The van der Waals surface area contributed by atoms with Crippen LogP contribution in [0.25, 0.3) is 11.3 Å². The Labute approximate surface area is 260 Å². The summed E-state index contributed by atoms with van der Waals surface area (Å²) in [5.74, 6) is 0.519. The molecule has 5 rings (SSSR count). The zero-order valence-corrected chi connectivity index (χ0v) is 26.1. The summed E-state index contributed by atoms with van der Waals surface area (Å²) in [4.78, 5) is 22.5. The van der Waals surface area contributed by atoms with Crippen LogP contribution in [-0.4, -0.2) is 68.4 Å². The highest BCUT2D eigenvalue weighted by Crippen LogP contribution is 2.29. The fourth-order valence-electron chi connectivity index (χ4n) is 5.21. The number of aryl methyl sites for hydroxylation is 2. The number of carbonyl (C=O) groups is 1. The molecule has 8 heteroatoms. The second kappa shape index (κ2) is 14.3. The van der Waals surface area contributed by atoms with E-state index in [9.17, 15) is 4.79 Å². The summed E-state index contributed by atoms with van der Waals surface area (Å²) in [6.07, 6.45) is 0.635. The van der Waals surface area contributed by atoms with Crippen molar-refractivity contribution < 1.29 is 9.53 Å². The third-order valence-electron chi connectivity index (χ3n) is 7.98. The third kappa shape index (κ3) is 7.89. The van der Waals surface area contributed by atoms with E-state index in [0.717, 1.165) is 66.5 Å². The average Bonchev–Trinajstić information content (AvgIpc) is 3.04. The molecule has 0 saturated carbocycles. The van der Waals surface area contributed by atoms with Gasteiger partial charge >= 0.3 is 0 Å². The van der Waals surface area contributed by atoms with Crippen LogP contribution in [0.4, 0.5) is 17.2 Å². The molecule has 3 N–H and O–H groups in total. The van der Waals surface area contributed by atoms with E-state index < -0.39 is 0 Å². The van der Waals surface area contributed by atoms with Crippen molar-refractivity contribution in [3.63, 3.8) is 0 Å². The van der Waals surface area contributed by atoms with E-state index in [0.29, 0.717) is 35.7 Å². The van der Waals surface area contributed by atoms with Crippen molar-refractivity contribution in [2.75, 3.05) is 62.5 Å². The van der Waals surface area contributed by atoms with E-state index in [1.54, 1.807) is 0 Å². The lowest BCUT2D eigenvalue weighted by molar-refractivity contribution is 0.0392. The van der Waals surface area contributed by atoms with Crippen LogP contribution in [0.2, 0.25) is 0 Å². The van der Waals surface area contributed by atoms with E-state index >= 15 is 0 Å². The summed E-state index contributed by atoms with van der Waals surface area (Å²) in [7, 11) is 3.91. The summed E-state index contributed by atoms with van der Waals surface area (Å²) in [5.41, 5.74) is 8.73. The molecular formula is C36H42N6O2. The second-order valence-corrected chi connectivity index (χ2v) is 11.5. The minimum atomic E-state index is -0.166. The van der Waals surface area contributed by atoms with Gasteiger partial charge in [0.15, 0.2) is 0 Å². The van der Waals surface area contributed by atoms with Crippen LogP contribution in [0.15, 0.2) is 78.9 Å². The highest BCUT2D eigenvalue weighted by atomic mass is 16.5. The van der Waals surface area contributed by atoms with Gasteiger partial charge in [0, 0.05) is 80.5 Å². The summed E-state index contributed by atoms with van der Waals surface area (Å²) >= 11 is 0. The molecule has 1 aromatic heterocycles. The topological polar surface area (TPSA) is 93.6 Å². The molecule has 1 fully saturated rings. The van der Waals surface area contributed by atoms with E-state index in [-0.39, 0.29) is 5.91 Å². The van der Waals surface area contributed by atoms with Gasteiger partial charge in [-0.2, -0.15) is 0 Å². The predicted molar refractivity (Wildman–Crippen MR) is 180 cm³/mol. The van der Waals surface area contributed by atoms with E-state index in [1.807, 2.05) is 80.5 Å². The zero-order valence-electron chi connectivity index (χ0n) is 26.1. The molecule has 0 atom stereocenters. The number of ether oxygens (including phenoxy) is 1. The summed E-state index contributed by atoms with van der Waals surface area (Å²) in [5, 5.41) is 15.5.